The van der Waals surface area contributed by atoms with Gasteiger partial charge in [-0.3, -0.25) is 0 Å². The van der Waals surface area contributed by atoms with E-state index in [0.717, 1.165) is 13.2 Å². The van der Waals surface area contributed by atoms with Gasteiger partial charge in [-0.1, -0.05) is 46.2 Å². The monoisotopic (exact) mass is 495 g/mol. The van der Waals surface area contributed by atoms with Crippen LogP contribution in [0.2, 0.25) is 83.2 Å². The average molecular weight is 496 g/mol. The van der Waals surface area contributed by atoms with Crippen LogP contribution in [-0.4, -0.2) is 65.7 Å². The molecule has 0 aromatic carbocycles. The first kappa shape index (κ1) is 29.9. The molecule has 176 valence electrons. The van der Waals surface area contributed by atoms with E-state index in [-0.39, 0.29) is 0 Å². The Balaban J connectivity index is 5.14. The molecule has 0 bridgehead atoms. The molecule has 0 rings (SSSR count). The van der Waals surface area contributed by atoms with Gasteiger partial charge in [0.1, 0.15) is 16.5 Å². The third-order valence-electron chi connectivity index (χ3n) is 6.01. The summed E-state index contributed by atoms with van der Waals surface area (Å²) in [6.45, 7) is 36.0. The predicted octanol–water partition coefficient (Wildman–Crippen LogP) is 6.85. The predicted molar refractivity (Wildman–Crippen MR) is 143 cm³/mol. The van der Waals surface area contributed by atoms with E-state index in [1.54, 1.807) is 0 Å². The minimum atomic E-state index is -2.23. The summed E-state index contributed by atoms with van der Waals surface area (Å²) in [4.78, 5) is 0. The van der Waals surface area contributed by atoms with Gasteiger partial charge in [0.15, 0.2) is 16.6 Å². The summed E-state index contributed by atoms with van der Waals surface area (Å²) in [5, 5.41) is 0.405. The van der Waals surface area contributed by atoms with Crippen LogP contribution >= 0.6 is 0 Å². The summed E-state index contributed by atoms with van der Waals surface area (Å²) in [5.41, 5.74) is 0. The van der Waals surface area contributed by atoms with E-state index >= 15 is 0 Å². The first-order valence-electron chi connectivity index (χ1n) is 11.6. The molecule has 29 heavy (non-hydrogen) atoms. The van der Waals surface area contributed by atoms with Gasteiger partial charge in [0.25, 0.3) is 0 Å². The Labute approximate surface area is 188 Å². The highest BCUT2D eigenvalue weighted by Crippen LogP contribution is 2.36. The topological polar surface area (TPSA) is 30.9 Å². The minimum Gasteiger partial charge on any atom is -0.455 e. The number of rotatable bonds is 14. The molecule has 0 aromatic heterocycles. The molecule has 9 heteroatoms. The highest BCUT2D eigenvalue weighted by atomic mass is 28.5. The van der Waals surface area contributed by atoms with Crippen LogP contribution in [0.15, 0.2) is 0 Å². The van der Waals surface area contributed by atoms with Crippen LogP contribution in [-0.2, 0) is 13.0 Å². The molecule has 0 saturated carbocycles. The molecule has 0 amide bonds. The SMILES string of the molecule is CCO[Si](C)(OCC)C(C)[Si](C)(C)O[Si](C)(C)CCCN([Si](C)(C)C)[Si](C)(C)C. The second kappa shape index (κ2) is 11.2. The summed E-state index contributed by atoms with van der Waals surface area (Å²) >= 11 is 0. The summed E-state index contributed by atoms with van der Waals surface area (Å²) in [5.74, 6) is 0. The fraction of sp³-hybridized carbons (Fsp3) is 1.00. The Hall–Kier alpha value is 0.924. The van der Waals surface area contributed by atoms with Crippen molar-refractivity contribution in [2.45, 2.75) is 110 Å². The van der Waals surface area contributed by atoms with Crippen LogP contribution in [0, 0.1) is 0 Å². The second-order valence-corrected chi connectivity index (χ2v) is 34.8. The van der Waals surface area contributed by atoms with Crippen LogP contribution in [0.4, 0.5) is 0 Å². The van der Waals surface area contributed by atoms with Crippen molar-refractivity contribution >= 4 is 41.7 Å². The van der Waals surface area contributed by atoms with Crippen molar-refractivity contribution in [1.82, 2.24) is 4.23 Å². The number of hydrogen-bond donors (Lipinski definition) is 0. The Morgan fingerprint density at radius 2 is 1.14 bits per heavy atom. The Bertz CT molecular complexity index is 469. The average Bonchev–Trinajstić information content (AvgIpc) is 2.47. The molecule has 0 N–H and O–H groups in total. The molecule has 0 aliphatic rings. The Morgan fingerprint density at radius 3 is 1.48 bits per heavy atom. The maximum Gasteiger partial charge on any atom is 0.337 e. The van der Waals surface area contributed by atoms with Gasteiger partial charge in [0, 0.05) is 18.4 Å². The number of hydrogen-bond acceptors (Lipinski definition) is 4. The lowest BCUT2D eigenvalue weighted by molar-refractivity contribution is 0.185. The van der Waals surface area contributed by atoms with Crippen molar-refractivity contribution in [3.63, 3.8) is 0 Å². The zero-order valence-electron chi connectivity index (χ0n) is 22.3. The zero-order valence-corrected chi connectivity index (χ0v) is 27.3. The molecule has 0 heterocycles. The van der Waals surface area contributed by atoms with Gasteiger partial charge in [-0.2, -0.15) is 0 Å². The van der Waals surface area contributed by atoms with Crippen molar-refractivity contribution in [3.8, 4) is 0 Å². The smallest absolute Gasteiger partial charge is 0.337 e. The fourth-order valence-electron chi connectivity index (χ4n) is 4.69. The van der Waals surface area contributed by atoms with Crippen LogP contribution in [0.5, 0.6) is 0 Å². The zero-order chi connectivity index (χ0) is 23.3. The van der Waals surface area contributed by atoms with Gasteiger partial charge in [-0.25, -0.2) is 0 Å². The lowest BCUT2D eigenvalue weighted by atomic mass is 10.5. The molecule has 0 spiro atoms. The van der Waals surface area contributed by atoms with Crippen LogP contribution < -0.4 is 0 Å². The first-order valence-corrected chi connectivity index (χ1v) is 27.0. The maximum atomic E-state index is 7.04. The van der Waals surface area contributed by atoms with Crippen LogP contribution in [0.25, 0.3) is 0 Å². The van der Waals surface area contributed by atoms with Gasteiger partial charge >= 0.3 is 8.56 Å². The molecule has 4 nitrogen and oxygen atoms in total. The van der Waals surface area contributed by atoms with E-state index in [1.165, 1.54) is 19.0 Å². The normalized spacial score (nSPS) is 15.8. The third kappa shape index (κ3) is 9.94. The standard InChI is InChI=1S/C20H53NO3Si5/c1-15-22-29(14,23-16-2)20(3)28(12,13)24-27(10,11)19-17-18-21(25(4,5)6)26(7,8)9/h20H,15-19H2,1-14H3. The highest BCUT2D eigenvalue weighted by molar-refractivity contribution is 6.94. The summed E-state index contributed by atoms with van der Waals surface area (Å²) in [6.07, 6.45) is 1.26. The highest BCUT2D eigenvalue weighted by Gasteiger charge is 2.50. The molecule has 0 aliphatic heterocycles. The molecule has 0 radical (unpaired) electrons. The largest absolute Gasteiger partial charge is 0.455 e. The van der Waals surface area contributed by atoms with E-state index in [9.17, 15) is 0 Å². The lowest BCUT2D eigenvalue weighted by Gasteiger charge is -2.45. The molecule has 0 aromatic rings. The summed E-state index contributed by atoms with van der Waals surface area (Å²) < 4.78 is 22.4. The Kier molecular flexibility index (Phi) is 11.5. The molecule has 1 unspecified atom stereocenters. The van der Waals surface area contributed by atoms with E-state index in [1.807, 2.05) is 0 Å². The third-order valence-corrected chi connectivity index (χ3v) is 28.6. The van der Waals surface area contributed by atoms with Gasteiger partial charge in [-0.05, 0) is 65.6 Å². The van der Waals surface area contributed by atoms with Gasteiger partial charge in [-0.15, -0.1) is 0 Å². The summed E-state index contributed by atoms with van der Waals surface area (Å²) in [6, 6.07) is 1.24. The molecule has 1 atom stereocenters. The number of nitrogens with zero attached hydrogens (tertiary/aromatic N) is 1. The van der Waals surface area contributed by atoms with Crippen molar-refractivity contribution in [3.05, 3.63) is 0 Å². The van der Waals surface area contributed by atoms with E-state index in [4.69, 9.17) is 13.0 Å². The van der Waals surface area contributed by atoms with Gasteiger partial charge < -0.3 is 17.2 Å². The fourth-order valence-corrected chi connectivity index (χ4v) is 30.0. The van der Waals surface area contributed by atoms with Crippen molar-refractivity contribution in [1.29, 1.82) is 0 Å². The van der Waals surface area contributed by atoms with E-state index in [0.29, 0.717) is 5.16 Å². The van der Waals surface area contributed by atoms with Crippen LogP contribution in [0.1, 0.15) is 27.2 Å². The maximum absolute atomic E-state index is 7.04. The molecule has 0 saturated heterocycles. The molecule has 0 aliphatic carbocycles. The lowest BCUT2D eigenvalue weighted by Crippen LogP contribution is -2.59. The molecular weight excluding hydrogens is 443 g/mol. The van der Waals surface area contributed by atoms with Crippen molar-refractivity contribution < 1.29 is 13.0 Å². The quantitative estimate of drug-likeness (QED) is 0.246. The van der Waals surface area contributed by atoms with Crippen molar-refractivity contribution in [2.75, 3.05) is 19.8 Å². The van der Waals surface area contributed by atoms with E-state index in [2.05, 4.69) is 97.0 Å². The van der Waals surface area contributed by atoms with Crippen molar-refractivity contribution in [2.24, 2.45) is 0 Å². The van der Waals surface area contributed by atoms with Crippen LogP contribution in [0.3, 0.4) is 0 Å². The molecule has 0 fully saturated rings. The van der Waals surface area contributed by atoms with Gasteiger partial charge in [0.2, 0.25) is 0 Å². The van der Waals surface area contributed by atoms with Gasteiger partial charge in [0.05, 0.1) is 0 Å². The second-order valence-electron chi connectivity index (χ2n) is 11.7. The molecular formula is C20H53NO3Si5. The minimum absolute atomic E-state index is 0.405. The van der Waals surface area contributed by atoms with E-state index < -0.39 is 41.7 Å². The Morgan fingerprint density at radius 1 is 0.724 bits per heavy atom. The first-order chi connectivity index (χ1) is 12.8. The summed E-state index contributed by atoms with van der Waals surface area (Å²) in [7, 11) is -8.44.